The molecule has 2 N–H and O–H groups in total. The number of rotatable bonds is 6. The van der Waals surface area contributed by atoms with E-state index in [9.17, 15) is 4.79 Å². The van der Waals surface area contributed by atoms with Gasteiger partial charge in [0, 0.05) is 26.3 Å². The first-order chi connectivity index (χ1) is 11.5. The van der Waals surface area contributed by atoms with Crippen LogP contribution in [0, 0.1) is 13.8 Å². The lowest BCUT2D eigenvalue weighted by atomic mass is 10.2. The molecular formula is C16H21N7O. The third kappa shape index (κ3) is 3.37. The van der Waals surface area contributed by atoms with E-state index in [1.807, 2.05) is 48.5 Å². The first-order valence-corrected chi connectivity index (χ1v) is 7.88. The van der Waals surface area contributed by atoms with Crippen molar-refractivity contribution < 1.29 is 4.79 Å². The lowest BCUT2D eigenvalue weighted by molar-refractivity contribution is 0.0947. The Labute approximate surface area is 139 Å². The molecule has 8 heteroatoms. The van der Waals surface area contributed by atoms with Gasteiger partial charge in [0.05, 0.1) is 5.69 Å². The van der Waals surface area contributed by atoms with Crippen molar-refractivity contribution in [2.75, 3.05) is 6.54 Å². The van der Waals surface area contributed by atoms with Crippen LogP contribution in [-0.2, 0) is 13.6 Å². The minimum atomic E-state index is -0.158. The molecule has 0 aliphatic rings. The molecule has 0 spiro atoms. The summed E-state index contributed by atoms with van der Waals surface area (Å²) in [6.07, 6.45) is 2.73. The summed E-state index contributed by atoms with van der Waals surface area (Å²) in [4.78, 5) is 16.4. The Morgan fingerprint density at radius 3 is 2.88 bits per heavy atom. The van der Waals surface area contributed by atoms with Gasteiger partial charge in [-0.05, 0) is 38.5 Å². The van der Waals surface area contributed by atoms with Gasteiger partial charge < -0.3 is 9.88 Å². The van der Waals surface area contributed by atoms with Crippen molar-refractivity contribution in [2.45, 2.75) is 26.8 Å². The zero-order valence-corrected chi connectivity index (χ0v) is 14.1. The van der Waals surface area contributed by atoms with Crippen LogP contribution in [0.4, 0.5) is 0 Å². The highest BCUT2D eigenvalue weighted by Gasteiger charge is 2.12. The minimum Gasteiger partial charge on any atom is -0.351 e. The molecule has 0 bridgehead atoms. The molecule has 0 atom stereocenters. The first kappa shape index (κ1) is 16.0. The van der Waals surface area contributed by atoms with E-state index in [2.05, 4.69) is 25.6 Å². The highest BCUT2D eigenvalue weighted by Crippen LogP contribution is 2.17. The number of amides is 1. The van der Waals surface area contributed by atoms with Gasteiger partial charge >= 0.3 is 0 Å². The normalized spacial score (nSPS) is 11.0. The Kier molecular flexibility index (Phi) is 4.45. The molecule has 24 heavy (non-hydrogen) atoms. The summed E-state index contributed by atoms with van der Waals surface area (Å²) in [7, 11) is 1.94. The summed E-state index contributed by atoms with van der Waals surface area (Å²) in [5, 5.41) is 14.2. The van der Waals surface area contributed by atoms with Gasteiger partial charge in [0.15, 0.2) is 0 Å². The quantitative estimate of drug-likeness (QED) is 0.670. The Morgan fingerprint density at radius 2 is 2.21 bits per heavy atom. The summed E-state index contributed by atoms with van der Waals surface area (Å²) in [6.45, 7) is 5.09. The minimum absolute atomic E-state index is 0.158. The molecule has 0 aliphatic heterocycles. The third-order valence-corrected chi connectivity index (χ3v) is 3.82. The van der Waals surface area contributed by atoms with Gasteiger partial charge in [-0.25, -0.2) is 4.98 Å². The van der Waals surface area contributed by atoms with Gasteiger partial charge in [0.2, 0.25) is 0 Å². The molecule has 0 saturated heterocycles. The van der Waals surface area contributed by atoms with Crippen molar-refractivity contribution in [3.63, 3.8) is 0 Å². The molecule has 3 aromatic heterocycles. The van der Waals surface area contributed by atoms with Crippen LogP contribution in [0.5, 0.6) is 0 Å². The summed E-state index contributed by atoms with van der Waals surface area (Å²) in [5.74, 6) is 1.50. The van der Waals surface area contributed by atoms with E-state index in [0.29, 0.717) is 12.2 Å². The van der Waals surface area contributed by atoms with Gasteiger partial charge in [0.1, 0.15) is 23.0 Å². The Hall–Kier alpha value is -2.90. The van der Waals surface area contributed by atoms with Crippen LogP contribution >= 0.6 is 0 Å². The number of carbonyl (C=O) groups is 1. The summed E-state index contributed by atoms with van der Waals surface area (Å²) >= 11 is 0. The van der Waals surface area contributed by atoms with Crippen LogP contribution in [0.15, 0.2) is 24.4 Å². The first-order valence-electron chi connectivity index (χ1n) is 7.88. The molecule has 0 unspecified atom stereocenters. The van der Waals surface area contributed by atoms with E-state index >= 15 is 0 Å². The van der Waals surface area contributed by atoms with Crippen molar-refractivity contribution >= 4 is 5.91 Å². The molecule has 3 heterocycles. The molecule has 0 saturated carbocycles. The predicted octanol–water partition coefficient (Wildman–Crippen LogP) is 1.44. The Morgan fingerprint density at radius 1 is 1.38 bits per heavy atom. The predicted molar refractivity (Wildman–Crippen MR) is 89.4 cm³/mol. The largest absolute Gasteiger partial charge is 0.351 e. The van der Waals surface area contributed by atoms with Crippen molar-refractivity contribution in [1.29, 1.82) is 0 Å². The number of hydrogen-bond acceptors (Lipinski definition) is 4. The van der Waals surface area contributed by atoms with E-state index < -0.39 is 0 Å². The van der Waals surface area contributed by atoms with E-state index in [-0.39, 0.29) is 5.91 Å². The topological polar surface area (TPSA) is 93.4 Å². The van der Waals surface area contributed by atoms with Crippen molar-refractivity contribution in [2.24, 2.45) is 7.05 Å². The number of hydrogen-bond donors (Lipinski definition) is 2. The van der Waals surface area contributed by atoms with E-state index in [1.165, 1.54) is 0 Å². The molecule has 8 nitrogen and oxygen atoms in total. The number of nitrogens with one attached hydrogen (secondary N) is 2. The highest BCUT2D eigenvalue weighted by molar-refractivity contribution is 5.93. The monoisotopic (exact) mass is 327 g/mol. The third-order valence-electron chi connectivity index (χ3n) is 3.82. The fourth-order valence-corrected chi connectivity index (χ4v) is 2.60. The fraction of sp³-hybridized carbons (Fsp3) is 0.375. The van der Waals surface area contributed by atoms with Crippen LogP contribution < -0.4 is 5.32 Å². The maximum absolute atomic E-state index is 12.2. The number of aryl methyl sites for hydroxylation is 4. The Bertz CT molecular complexity index is 842. The van der Waals surface area contributed by atoms with Crippen LogP contribution in [0.2, 0.25) is 0 Å². The smallest absolute Gasteiger partial charge is 0.269 e. The van der Waals surface area contributed by atoms with Crippen LogP contribution in [0.3, 0.4) is 0 Å². The number of nitrogens with zero attached hydrogens (tertiary/aromatic N) is 5. The lowest BCUT2D eigenvalue weighted by Crippen LogP contribution is -2.25. The molecule has 1 amide bonds. The van der Waals surface area contributed by atoms with Gasteiger partial charge in [0.25, 0.3) is 5.91 Å². The second-order valence-electron chi connectivity index (χ2n) is 5.71. The second-order valence-corrected chi connectivity index (χ2v) is 5.71. The molecule has 3 aromatic rings. The van der Waals surface area contributed by atoms with Crippen molar-refractivity contribution in [1.82, 2.24) is 34.8 Å². The number of aromatic amines is 1. The molecule has 0 fully saturated rings. The van der Waals surface area contributed by atoms with E-state index in [0.717, 1.165) is 36.0 Å². The standard InChI is InChI=1S/C16H21N7O/c1-11-18-12(2)23(21-11)9-5-7-17-16(24)14-10-13(19-20-14)15-6-4-8-22(15)3/h4,6,8,10H,5,7,9H2,1-3H3,(H,17,24)(H,19,20). The molecule has 3 rings (SSSR count). The van der Waals surface area contributed by atoms with Crippen molar-refractivity contribution in [3.05, 3.63) is 41.7 Å². The average Bonchev–Trinajstić information content (AvgIpc) is 3.24. The Balaban J connectivity index is 1.51. The lowest BCUT2D eigenvalue weighted by Gasteiger charge is -2.04. The maximum Gasteiger partial charge on any atom is 0.269 e. The number of aromatic nitrogens is 6. The van der Waals surface area contributed by atoms with Crippen LogP contribution in [0.1, 0.15) is 28.6 Å². The number of carbonyl (C=O) groups excluding carboxylic acids is 1. The van der Waals surface area contributed by atoms with Crippen LogP contribution in [-0.4, -0.2) is 42.0 Å². The summed E-state index contributed by atoms with van der Waals surface area (Å²) in [5.41, 5.74) is 2.17. The van der Waals surface area contributed by atoms with Crippen molar-refractivity contribution in [3.8, 4) is 11.4 Å². The van der Waals surface area contributed by atoms with Crippen LogP contribution in [0.25, 0.3) is 11.4 Å². The highest BCUT2D eigenvalue weighted by atomic mass is 16.1. The number of H-pyrrole nitrogens is 1. The summed E-state index contributed by atoms with van der Waals surface area (Å²) in [6, 6.07) is 5.66. The zero-order chi connectivity index (χ0) is 17.1. The van der Waals surface area contributed by atoms with E-state index in [4.69, 9.17) is 0 Å². The molecule has 0 radical (unpaired) electrons. The maximum atomic E-state index is 12.2. The molecule has 126 valence electrons. The van der Waals surface area contributed by atoms with Gasteiger partial charge in [-0.1, -0.05) is 0 Å². The van der Waals surface area contributed by atoms with Gasteiger partial charge in [-0.3, -0.25) is 14.6 Å². The second kappa shape index (κ2) is 6.69. The zero-order valence-electron chi connectivity index (χ0n) is 14.1. The summed E-state index contributed by atoms with van der Waals surface area (Å²) < 4.78 is 3.81. The van der Waals surface area contributed by atoms with E-state index in [1.54, 1.807) is 6.07 Å². The van der Waals surface area contributed by atoms with Gasteiger partial charge in [-0.15, -0.1) is 0 Å². The SMILES string of the molecule is Cc1nc(C)n(CCCNC(=O)c2cc(-c3cccn3C)n[nH]2)n1. The average molecular weight is 327 g/mol. The molecule has 0 aromatic carbocycles. The molecular weight excluding hydrogens is 306 g/mol. The molecule has 0 aliphatic carbocycles. The fourth-order valence-electron chi connectivity index (χ4n) is 2.60. The van der Waals surface area contributed by atoms with Gasteiger partial charge in [-0.2, -0.15) is 10.2 Å².